The van der Waals surface area contributed by atoms with E-state index < -0.39 is 12.2 Å². The number of likely N-dealkylation sites (N-methyl/N-ethyl adjacent to an activating group) is 1. The lowest BCUT2D eigenvalue weighted by molar-refractivity contribution is 0.0201. The zero-order chi connectivity index (χ0) is 10.6. The molecule has 0 radical (unpaired) electrons. The molecule has 0 amide bonds. The summed E-state index contributed by atoms with van der Waals surface area (Å²) in [5, 5.41) is 31.0. The van der Waals surface area contributed by atoms with Crippen molar-refractivity contribution in [2.24, 2.45) is 0 Å². The molecule has 4 nitrogen and oxygen atoms in total. The van der Waals surface area contributed by atoms with Crippen molar-refractivity contribution < 1.29 is 15.3 Å². The number of phenolic OH excluding ortho intramolecular Hbond substituents is 1. The molecule has 0 aliphatic heterocycles. The van der Waals surface area contributed by atoms with Crippen LogP contribution in [0.2, 0.25) is 0 Å². The maximum atomic E-state index is 9.64. The Morgan fingerprint density at radius 1 is 1.36 bits per heavy atom. The van der Waals surface area contributed by atoms with Crippen LogP contribution in [0.3, 0.4) is 0 Å². The predicted octanol–water partition coefficient (Wildman–Crippen LogP) is 0.00590. The van der Waals surface area contributed by atoms with Gasteiger partial charge in [0.05, 0.1) is 6.10 Å². The van der Waals surface area contributed by atoms with Gasteiger partial charge in [-0.1, -0.05) is 12.1 Å². The summed E-state index contributed by atoms with van der Waals surface area (Å²) < 4.78 is 0. The highest BCUT2D eigenvalue weighted by Gasteiger charge is 2.17. The lowest BCUT2D eigenvalue weighted by Crippen LogP contribution is -2.29. The topological polar surface area (TPSA) is 72.7 Å². The van der Waals surface area contributed by atoms with Crippen LogP contribution in [0.5, 0.6) is 5.75 Å². The van der Waals surface area contributed by atoms with Gasteiger partial charge in [0.2, 0.25) is 0 Å². The van der Waals surface area contributed by atoms with Crippen molar-refractivity contribution in [1.82, 2.24) is 5.32 Å². The van der Waals surface area contributed by atoms with Gasteiger partial charge in [0.1, 0.15) is 11.9 Å². The minimum Gasteiger partial charge on any atom is -0.508 e. The van der Waals surface area contributed by atoms with Gasteiger partial charge in [0.15, 0.2) is 0 Å². The lowest BCUT2D eigenvalue weighted by Gasteiger charge is -2.17. The maximum Gasteiger partial charge on any atom is 0.115 e. The molecule has 0 bridgehead atoms. The third kappa shape index (κ3) is 2.70. The normalized spacial score (nSPS) is 15.1. The summed E-state index contributed by atoms with van der Waals surface area (Å²) in [4.78, 5) is 0. The van der Waals surface area contributed by atoms with Crippen LogP contribution in [0, 0.1) is 0 Å². The first kappa shape index (κ1) is 11.0. The minimum absolute atomic E-state index is 0.0817. The van der Waals surface area contributed by atoms with Crippen molar-refractivity contribution in [2.45, 2.75) is 12.2 Å². The molecule has 2 unspecified atom stereocenters. The Kier molecular flexibility index (Phi) is 3.88. The second-order valence-electron chi connectivity index (χ2n) is 3.16. The number of aliphatic hydroxyl groups is 2. The molecule has 14 heavy (non-hydrogen) atoms. The largest absolute Gasteiger partial charge is 0.508 e. The van der Waals surface area contributed by atoms with Crippen LogP contribution in [-0.4, -0.2) is 35.0 Å². The number of benzene rings is 1. The van der Waals surface area contributed by atoms with Crippen molar-refractivity contribution in [2.75, 3.05) is 13.6 Å². The first-order valence-electron chi connectivity index (χ1n) is 4.45. The molecule has 0 fully saturated rings. The Bertz CT molecular complexity index is 290. The van der Waals surface area contributed by atoms with E-state index in [2.05, 4.69) is 5.32 Å². The molecule has 1 rings (SSSR count). The first-order valence-corrected chi connectivity index (χ1v) is 4.45. The Morgan fingerprint density at radius 2 is 2.07 bits per heavy atom. The van der Waals surface area contributed by atoms with E-state index in [1.165, 1.54) is 12.1 Å². The van der Waals surface area contributed by atoms with E-state index in [4.69, 9.17) is 5.11 Å². The Labute approximate surface area is 82.8 Å². The fourth-order valence-electron chi connectivity index (χ4n) is 1.25. The van der Waals surface area contributed by atoms with Crippen LogP contribution in [0.15, 0.2) is 24.3 Å². The molecule has 1 aromatic carbocycles. The van der Waals surface area contributed by atoms with Gasteiger partial charge in [0, 0.05) is 6.54 Å². The molecule has 4 N–H and O–H groups in total. The highest BCUT2D eigenvalue weighted by Crippen LogP contribution is 2.20. The van der Waals surface area contributed by atoms with E-state index in [0.717, 1.165) is 0 Å². The van der Waals surface area contributed by atoms with Gasteiger partial charge in [-0.05, 0) is 24.7 Å². The van der Waals surface area contributed by atoms with Crippen LogP contribution in [0.1, 0.15) is 11.7 Å². The standard InChI is InChI=1S/C10H15NO3/c1-11-6-9(13)10(14)7-3-2-4-8(12)5-7/h2-5,9-14H,6H2,1H3. The van der Waals surface area contributed by atoms with Gasteiger partial charge in [0.25, 0.3) is 0 Å². The number of hydrogen-bond acceptors (Lipinski definition) is 4. The highest BCUT2D eigenvalue weighted by molar-refractivity contribution is 5.29. The van der Waals surface area contributed by atoms with Crippen LogP contribution < -0.4 is 5.32 Å². The zero-order valence-corrected chi connectivity index (χ0v) is 8.01. The summed E-state index contributed by atoms with van der Waals surface area (Å²) >= 11 is 0. The Balaban J connectivity index is 2.73. The number of hydrogen-bond donors (Lipinski definition) is 4. The molecule has 4 heteroatoms. The second kappa shape index (κ2) is 4.95. The molecule has 78 valence electrons. The third-order valence-electron chi connectivity index (χ3n) is 1.99. The summed E-state index contributed by atoms with van der Waals surface area (Å²) in [6.07, 6.45) is -1.85. The molecule has 0 aliphatic rings. The van der Waals surface area contributed by atoms with Crippen molar-refractivity contribution in [1.29, 1.82) is 0 Å². The molecule has 0 heterocycles. The Hall–Kier alpha value is -1.10. The summed E-state index contributed by atoms with van der Waals surface area (Å²) in [5.74, 6) is 0.0817. The van der Waals surface area contributed by atoms with Gasteiger partial charge in [-0.25, -0.2) is 0 Å². The van der Waals surface area contributed by atoms with E-state index in [1.807, 2.05) is 0 Å². The molecule has 0 saturated heterocycles. The monoisotopic (exact) mass is 197 g/mol. The molecule has 0 spiro atoms. The molecular formula is C10H15NO3. The van der Waals surface area contributed by atoms with Crippen LogP contribution >= 0.6 is 0 Å². The van der Waals surface area contributed by atoms with Gasteiger partial charge in [-0.2, -0.15) is 0 Å². The first-order chi connectivity index (χ1) is 6.65. The van der Waals surface area contributed by atoms with E-state index in [9.17, 15) is 10.2 Å². The smallest absolute Gasteiger partial charge is 0.115 e. The third-order valence-corrected chi connectivity index (χ3v) is 1.99. The summed E-state index contributed by atoms with van der Waals surface area (Å²) in [6, 6.07) is 6.23. The fraction of sp³-hybridized carbons (Fsp3) is 0.400. The van der Waals surface area contributed by atoms with Crippen LogP contribution in [0.4, 0.5) is 0 Å². The quantitative estimate of drug-likeness (QED) is 0.548. The van der Waals surface area contributed by atoms with Gasteiger partial charge < -0.3 is 20.6 Å². The van der Waals surface area contributed by atoms with E-state index in [0.29, 0.717) is 12.1 Å². The van der Waals surface area contributed by atoms with E-state index in [1.54, 1.807) is 19.2 Å². The van der Waals surface area contributed by atoms with Crippen molar-refractivity contribution in [3.63, 3.8) is 0 Å². The number of nitrogens with one attached hydrogen (secondary N) is 1. The lowest BCUT2D eigenvalue weighted by atomic mass is 10.0. The van der Waals surface area contributed by atoms with Gasteiger partial charge in [-0.3, -0.25) is 0 Å². The molecule has 0 aromatic heterocycles. The number of rotatable bonds is 4. The average Bonchev–Trinajstić information content (AvgIpc) is 2.17. The average molecular weight is 197 g/mol. The zero-order valence-electron chi connectivity index (χ0n) is 8.01. The van der Waals surface area contributed by atoms with Crippen LogP contribution in [0.25, 0.3) is 0 Å². The van der Waals surface area contributed by atoms with Gasteiger partial charge in [-0.15, -0.1) is 0 Å². The SMILES string of the molecule is CNCC(O)C(O)c1cccc(O)c1. The maximum absolute atomic E-state index is 9.64. The van der Waals surface area contributed by atoms with Crippen molar-refractivity contribution in [3.8, 4) is 5.75 Å². The summed E-state index contributed by atoms with van der Waals surface area (Å²) in [7, 11) is 1.69. The molecule has 2 atom stereocenters. The number of phenols is 1. The van der Waals surface area contributed by atoms with E-state index >= 15 is 0 Å². The second-order valence-corrected chi connectivity index (χ2v) is 3.16. The number of aliphatic hydroxyl groups excluding tert-OH is 2. The molecule has 0 saturated carbocycles. The Morgan fingerprint density at radius 3 is 2.64 bits per heavy atom. The van der Waals surface area contributed by atoms with Crippen molar-refractivity contribution >= 4 is 0 Å². The van der Waals surface area contributed by atoms with Crippen molar-refractivity contribution in [3.05, 3.63) is 29.8 Å². The van der Waals surface area contributed by atoms with E-state index in [-0.39, 0.29) is 5.75 Å². The van der Waals surface area contributed by atoms with Crippen LogP contribution in [-0.2, 0) is 0 Å². The summed E-state index contributed by atoms with van der Waals surface area (Å²) in [5.41, 5.74) is 0.507. The van der Waals surface area contributed by atoms with Gasteiger partial charge >= 0.3 is 0 Å². The predicted molar refractivity (Wildman–Crippen MR) is 53.0 cm³/mol. The minimum atomic E-state index is -0.977. The number of aromatic hydroxyl groups is 1. The highest BCUT2D eigenvalue weighted by atomic mass is 16.3. The molecular weight excluding hydrogens is 182 g/mol. The molecule has 1 aromatic rings. The molecule has 0 aliphatic carbocycles. The summed E-state index contributed by atoms with van der Waals surface area (Å²) in [6.45, 7) is 0.302. The fourth-order valence-corrected chi connectivity index (χ4v) is 1.25.